The first kappa shape index (κ1) is 17.4. The van der Waals surface area contributed by atoms with Crippen LogP contribution in [0.15, 0.2) is 0 Å². The van der Waals surface area contributed by atoms with Gasteiger partial charge in [0.2, 0.25) is 0 Å². The monoisotopic (exact) mass is 316 g/mol. The van der Waals surface area contributed by atoms with Crippen LogP contribution in [0.25, 0.3) is 0 Å². The van der Waals surface area contributed by atoms with Crippen molar-refractivity contribution in [3.63, 3.8) is 0 Å². The molecule has 2 rings (SSSR count). The summed E-state index contributed by atoms with van der Waals surface area (Å²) in [6.07, 6.45) is 0. The largest absolute Gasteiger partial charge is 0.349 e. The van der Waals surface area contributed by atoms with Gasteiger partial charge in [-0.3, -0.25) is 19.9 Å². The molecule has 2 aromatic rings. The minimum Gasteiger partial charge on any atom is -0.349 e. The van der Waals surface area contributed by atoms with Crippen molar-refractivity contribution in [2.45, 2.75) is 54.8 Å². The Labute approximate surface area is 137 Å². The zero-order chi connectivity index (χ0) is 17.0. The van der Waals surface area contributed by atoms with E-state index in [-0.39, 0.29) is 6.79 Å². The molecule has 0 aromatic carbocycles. The molecule has 0 aliphatic rings. The van der Waals surface area contributed by atoms with Crippen molar-refractivity contribution in [3.8, 4) is 0 Å². The predicted octanol–water partition coefficient (Wildman–Crippen LogP) is 2.81. The molecule has 23 heavy (non-hydrogen) atoms. The number of aromatic nitrogens is 4. The third-order valence-electron chi connectivity index (χ3n) is 3.80. The molecule has 124 valence electrons. The molecule has 0 bridgehead atoms. The van der Waals surface area contributed by atoms with Gasteiger partial charge in [0.15, 0.2) is 0 Å². The lowest BCUT2D eigenvalue weighted by Crippen LogP contribution is -2.09. The van der Waals surface area contributed by atoms with Gasteiger partial charge in [-0.1, -0.05) is 0 Å². The van der Waals surface area contributed by atoms with Crippen LogP contribution in [-0.4, -0.2) is 26.7 Å². The van der Waals surface area contributed by atoms with Crippen molar-refractivity contribution in [1.82, 2.24) is 19.9 Å². The molecule has 0 amide bonds. The summed E-state index contributed by atoms with van der Waals surface area (Å²) in [4.78, 5) is 17.9. The summed E-state index contributed by atoms with van der Waals surface area (Å²) in [6.45, 7) is 12.6. The van der Waals surface area contributed by atoms with E-state index in [1.54, 1.807) is 0 Å². The van der Waals surface area contributed by atoms with E-state index in [1.807, 2.05) is 41.5 Å². The lowest BCUT2D eigenvalue weighted by atomic mass is 10.3. The third-order valence-corrected chi connectivity index (χ3v) is 3.80. The predicted molar refractivity (Wildman–Crippen MR) is 86.9 cm³/mol. The van der Waals surface area contributed by atoms with E-state index in [0.717, 1.165) is 45.6 Å². The Kier molecular flexibility index (Phi) is 5.74. The zero-order valence-electron chi connectivity index (χ0n) is 14.7. The topological polar surface area (TPSA) is 70.0 Å². The first-order valence-corrected chi connectivity index (χ1v) is 7.65. The van der Waals surface area contributed by atoms with Crippen molar-refractivity contribution in [2.75, 3.05) is 6.79 Å². The van der Waals surface area contributed by atoms with Gasteiger partial charge >= 0.3 is 0 Å². The number of hydrogen-bond acceptors (Lipinski definition) is 6. The summed E-state index contributed by atoms with van der Waals surface area (Å²) in [7, 11) is 0. The van der Waals surface area contributed by atoms with Crippen molar-refractivity contribution in [1.29, 1.82) is 0 Å². The first-order chi connectivity index (χ1) is 10.9. The Hall–Kier alpha value is -1.92. The second-order valence-corrected chi connectivity index (χ2v) is 5.67. The molecule has 0 unspecified atom stereocenters. The molecule has 6 nitrogen and oxygen atoms in total. The lowest BCUT2D eigenvalue weighted by Gasteiger charge is -2.10. The molecule has 6 heteroatoms. The number of nitrogens with zero attached hydrogens (tertiary/aromatic N) is 4. The van der Waals surface area contributed by atoms with Crippen LogP contribution in [-0.2, 0) is 22.7 Å². The fourth-order valence-corrected chi connectivity index (χ4v) is 2.13. The zero-order valence-corrected chi connectivity index (χ0v) is 14.7. The standard InChI is InChI=1S/C17H24N4O2/c1-10-12(3)20-16(14(5)18-10)7-22-9-23-8-17-15(6)19-11(2)13(4)21-17/h7-9H2,1-6H3. The third kappa shape index (κ3) is 4.53. The Morgan fingerprint density at radius 1 is 0.522 bits per heavy atom. The van der Waals surface area contributed by atoms with Gasteiger partial charge in [-0.05, 0) is 41.5 Å². The summed E-state index contributed by atoms with van der Waals surface area (Å²) in [6, 6.07) is 0. The summed E-state index contributed by atoms with van der Waals surface area (Å²) < 4.78 is 11.1. The highest BCUT2D eigenvalue weighted by Crippen LogP contribution is 2.10. The molecule has 0 saturated heterocycles. The maximum Gasteiger partial charge on any atom is 0.147 e. The summed E-state index contributed by atoms with van der Waals surface area (Å²) in [5.74, 6) is 0. The number of rotatable bonds is 6. The maximum absolute atomic E-state index is 5.54. The summed E-state index contributed by atoms with van der Waals surface area (Å²) in [5, 5.41) is 0. The van der Waals surface area contributed by atoms with Crippen LogP contribution in [0.5, 0.6) is 0 Å². The van der Waals surface area contributed by atoms with Crippen LogP contribution < -0.4 is 0 Å². The molecule has 0 fully saturated rings. The smallest absolute Gasteiger partial charge is 0.147 e. The molecule has 0 atom stereocenters. The minimum atomic E-state index is 0.183. The highest BCUT2D eigenvalue weighted by Gasteiger charge is 2.07. The second-order valence-electron chi connectivity index (χ2n) is 5.67. The molecule has 0 saturated carbocycles. The van der Waals surface area contributed by atoms with Crippen LogP contribution in [0, 0.1) is 41.5 Å². The van der Waals surface area contributed by atoms with Gasteiger partial charge in [-0.25, -0.2) is 0 Å². The highest BCUT2D eigenvalue weighted by molar-refractivity contribution is 5.18. The molecule has 2 aromatic heterocycles. The van der Waals surface area contributed by atoms with E-state index in [4.69, 9.17) is 9.47 Å². The molecule has 0 aliphatic carbocycles. The summed E-state index contributed by atoms with van der Waals surface area (Å²) >= 11 is 0. The van der Waals surface area contributed by atoms with Crippen molar-refractivity contribution in [3.05, 3.63) is 45.6 Å². The molecular formula is C17H24N4O2. The average Bonchev–Trinajstić information content (AvgIpc) is 2.49. The molecular weight excluding hydrogens is 292 g/mol. The van der Waals surface area contributed by atoms with E-state index >= 15 is 0 Å². The molecule has 0 radical (unpaired) electrons. The highest BCUT2D eigenvalue weighted by atomic mass is 16.7. The second kappa shape index (κ2) is 7.57. The first-order valence-electron chi connectivity index (χ1n) is 7.65. The Balaban J connectivity index is 1.83. The van der Waals surface area contributed by atoms with Gasteiger partial charge in [-0.15, -0.1) is 0 Å². The van der Waals surface area contributed by atoms with Gasteiger partial charge in [-0.2, -0.15) is 0 Å². The van der Waals surface area contributed by atoms with Crippen molar-refractivity contribution >= 4 is 0 Å². The van der Waals surface area contributed by atoms with E-state index < -0.39 is 0 Å². The molecule has 0 aliphatic heterocycles. The van der Waals surface area contributed by atoms with Crippen LogP contribution >= 0.6 is 0 Å². The van der Waals surface area contributed by atoms with E-state index in [1.165, 1.54) is 0 Å². The minimum absolute atomic E-state index is 0.183. The van der Waals surface area contributed by atoms with Gasteiger partial charge < -0.3 is 9.47 Å². The quantitative estimate of drug-likeness (QED) is 0.603. The van der Waals surface area contributed by atoms with Crippen LogP contribution in [0.1, 0.15) is 45.6 Å². The molecule has 0 spiro atoms. The van der Waals surface area contributed by atoms with Crippen LogP contribution in [0.3, 0.4) is 0 Å². The Morgan fingerprint density at radius 3 is 1.26 bits per heavy atom. The van der Waals surface area contributed by atoms with Gasteiger partial charge in [0, 0.05) is 0 Å². The van der Waals surface area contributed by atoms with Gasteiger partial charge in [0.25, 0.3) is 0 Å². The fraction of sp³-hybridized carbons (Fsp3) is 0.529. The Morgan fingerprint density at radius 2 is 0.870 bits per heavy atom. The molecule has 2 heterocycles. The van der Waals surface area contributed by atoms with Crippen LogP contribution in [0.2, 0.25) is 0 Å². The lowest BCUT2D eigenvalue weighted by molar-refractivity contribution is -0.0710. The SMILES string of the molecule is Cc1nc(C)c(COCOCc2nc(C)c(C)nc2C)nc1C. The van der Waals surface area contributed by atoms with E-state index in [2.05, 4.69) is 19.9 Å². The molecule has 0 N–H and O–H groups in total. The van der Waals surface area contributed by atoms with Crippen molar-refractivity contribution in [2.24, 2.45) is 0 Å². The van der Waals surface area contributed by atoms with Gasteiger partial charge in [0.1, 0.15) is 6.79 Å². The average molecular weight is 316 g/mol. The van der Waals surface area contributed by atoms with Crippen molar-refractivity contribution < 1.29 is 9.47 Å². The fourth-order valence-electron chi connectivity index (χ4n) is 2.13. The summed E-state index contributed by atoms with van der Waals surface area (Å²) in [5.41, 5.74) is 7.23. The van der Waals surface area contributed by atoms with E-state index in [9.17, 15) is 0 Å². The van der Waals surface area contributed by atoms with E-state index in [0.29, 0.717) is 13.2 Å². The number of ether oxygens (including phenoxy) is 2. The number of hydrogen-bond donors (Lipinski definition) is 0. The van der Waals surface area contributed by atoms with Crippen LogP contribution in [0.4, 0.5) is 0 Å². The van der Waals surface area contributed by atoms with Gasteiger partial charge in [0.05, 0.1) is 58.8 Å². The maximum atomic E-state index is 5.54. The number of aryl methyl sites for hydroxylation is 6. The Bertz CT molecular complexity index is 642. The normalized spacial score (nSPS) is 11.0.